The number of aromatic nitrogens is 3. The van der Waals surface area contributed by atoms with Crippen molar-refractivity contribution in [1.29, 1.82) is 0 Å². The zero-order valence-electron chi connectivity index (χ0n) is 14.1. The third-order valence-corrected chi connectivity index (χ3v) is 3.54. The maximum absolute atomic E-state index is 13.0. The highest BCUT2D eigenvalue weighted by molar-refractivity contribution is 5.86. The highest BCUT2D eigenvalue weighted by Gasteiger charge is 2.35. The van der Waals surface area contributed by atoms with E-state index in [2.05, 4.69) is 21.7 Å². The fraction of sp³-hybridized carbons (Fsp3) is 0.111. The molecule has 0 aliphatic heterocycles. The number of hydrogen-bond acceptors (Lipinski definition) is 6. The molecule has 0 spiro atoms. The third-order valence-electron chi connectivity index (χ3n) is 3.54. The molecule has 28 heavy (non-hydrogen) atoms. The molecular weight excluding hydrogens is 379 g/mol. The fourth-order valence-electron chi connectivity index (χ4n) is 2.17. The van der Waals surface area contributed by atoms with Gasteiger partial charge in [-0.2, -0.15) is 18.2 Å². The summed E-state index contributed by atoms with van der Waals surface area (Å²) in [5.74, 6) is -1.33. The Labute approximate surface area is 156 Å². The van der Waals surface area contributed by atoms with Crippen molar-refractivity contribution in [1.82, 2.24) is 15.1 Å². The number of pyridine rings is 1. The van der Waals surface area contributed by atoms with Crippen molar-refractivity contribution in [2.24, 2.45) is 0 Å². The Morgan fingerprint density at radius 2 is 1.93 bits per heavy atom. The number of carboxylic acids is 1. The summed E-state index contributed by atoms with van der Waals surface area (Å²) in [6, 6.07) is 7.94. The van der Waals surface area contributed by atoms with Gasteiger partial charge in [0, 0.05) is 17.3 Å². The van der Waals surface area contributed by atoms with Crippen molar-refractivity contribution in [3.05, 3.63) is 66.2 Å². The highest BCUT2D eigenvalue weighted by atomic mass is 19.4. The number of ether oxygens (including phenoxy) is 1. The van der Waals surface area contributed by atoms with E-state index in [1.54, 1.807) is 0 Å². The number of nitrogens with zero attached hydrogens (tertiary/aromatic N) is 3. The third kappa shape index (κ3) is 4.34. The molecule has 2 heterocycles. The molecule has 0 radical (unpaired) electrons. The van der Waals surface area contributed by atoms with Crippen molar-refractivity contribution < 1.29 is 32.3 Å². The number of alkyl halides is 3. The van der Waals surface area contributed by atoms with Crippen molar-refractivity contribution in [3.8, 4) is 23.0 Å². The van der Waals surface area contributed by atoms with Gasteiger partial charge in [0.15, 0.2) is 0 Å². The van der Waals surface area contributed by atoms with Gasteiger partial charge < -0.3 is 14.4 Å². The molecule has 0 aliphatic rings. The molecule has 0 saturated carbocycles. The summed E-state index contributed by atoms with van der Waals surface area (Å²) in [6.07, 6.45) is -3.50. The van der Waals surface area contributed by atoms with E-state index >= 15 is 0 Å². The van der Waals surface area contributed by atoms with Gasteiger partial charge in [0.25, 0.3) is 0 Å². The lowest BCUT2D eigenvalue weighted by Crippen LogP contribution is -2.08. The highest BCUT2D eigenvalue weighted by Crippen LogP contribution is 2.36. The van der Waals surface area contributed by atoms with Crippen LogP contribution >= 0.6 is 0 Å². The molecular formula is C18H12F3N3O4. The number of carbonyl (C=O) groups is 1. The molecule has 144 valence electrons. The average Bonchev–Trinajstić information content (AvgIpc) is 3.10. The van der Waals surface area contributed by atoms with Gasteiger partial charge in [0.1, 0.15) is 11.3 Å². The van der Waals surface area contributed by atoms with Crippen LogP contribution in [0.2, 0.25) is 0 Å². The van der Waals surface area contributed by atoms with Crippen molar-refractivity contribution in [2.75, 3.05) is 0 Å². The monoisotopic (exact) mass is 391 g/mol. The normalized spacial score (nSPS) is 11.2. The van der Waals surface area contributed by atoms with Crippen molar-refractivity contribution in [3.63, 3.8) is 0 Å². The fourth-order valence-corrected chi connectivity index (χ4v) is 2.17. The van der Waals surface area contributed by atoms with Crippen LogP contribution in [0.25, 0.3) is 11.4 Å². The molecule has 1 aromatic carbocycles. The first-order chi connectivity index (χ1) is 13.2. The van der Waals surface area contributed by atoms with E-state index in [1.807, 2.05) is 0 Å². The van der Waals surface area contributed by atoms with Crippen LogP contribution in [-0.2, 0) is 17.4 Å². The Hall–Kier alpha value is -3.69. The first-order valence-corrected chi connectivity index (χ1v) is 7.78. The Balaban J connectivity index is 1.76. The molecule has 1 N–H and O–H groups in total. The average molecular weight is 391 g/mol. The Kier molecular flexibility index (Phi) is 5.12. The molecule has 0 amide bonds. The molecule has 0 saturated heterocycles. The molecule has 2 aromatic heterocycles. The smallest absolute Gasteiger partial charge is 0.421 e. The zero-order chi connectivity index (χ0) is 20.3. The minimum atomic E-state index is -4.59. The number of carboxylic acid groups (broad SMARTS) is 1. The lowest BCUT2D eigenvalue weighted by atomic mass is 10.2. The van der Waals surface area contributed by atoms with Gasteiger partial charge in [-0.3, -0.25) is 0 Å². The van der Waals surface area contributed by atoms with Crippen molar-refractivity contribution >= 4 is 5.97 Å². The number of halogens is 3. The number of rotatable bonds is 6. The molecule has 0 bridgehead atoms. The molecule has 3 aromatic rings. The summed E-state index contributed by atoms with van der Waals surface area (Å²) >= 11 is 0. The lowest BCUT2D eigenvalue weighted by Gasteiger charge is -2.12. The van der Waals surface area contributed by atoms with E-state index in [9.17, 15) is 18.0 Å². The topological polar surface area (TPSA) is 98.3 Å². The summed E-state index contributed by atoms with van der Waals surface area (Å²) in [5.41, 5.74) is -0.587. The van der Waals surface area contributed by atoms with Crippen LogP contribution < -0.4 is 4.74 Å². The van der Waals surface area contributed by atoms with E-state index < -0.39 is 23.6 Å². The quantitative estimate of drug-likeness (QED) is 0.631. The van der Waals surface area contributed by atoms with Gasteiger partial charge in [-0.15, -0.1) is 0 Å². The molecule has 0 unspecified atom stereocenters. The largest absolute Gasteiger partial charge is 0.478 e. The van der Waals surface area contributed by atoms with Crippen LogP contribution in [0, 0.1) is 0 Å². The summed E-state index contributed by atoms with van der Waals surface area (Å²) in [7, 11) is 0. The minimum absolute atomic E-state index is 0.0750. The molecule has 0 fully saturated rings. The Bertz CT molecular complexity index is 1010. The summed E-state index contributed by atoms with van der Waals surface area (Å²) < 4.78 is 49.2. The molecule has 0 aliphatic carbocycles. The first kappa shape index (κ1) is 19.1. The molecule has 10 heteroatoms. The minimum Gasteiger partial charge on any atom is -0.478 e. The number of benzene rings is 1. The van der Waals surface area contributed by atoms with Gasteiger partial charge in [-0.05, 0) is 36.4 Å². The molecule has 3 rings (SSSR count). The number of hydrogen-bond donors (Lipinski definition) is 1. The van der Waals surface area contributed by atoms with Crippen molar-refractivity contribution in [2.45, 2.75) is 12.6 Å². The molecule has 7 nitrogen and oxygen atoms in total. The Morgan fingerprint density at radius 3 is 2.57 bits per heavy atom. The van der Waals surface area contributed by atoms with Gasteiger partial charge in [-0.1, -0.05) is 11.7 Å². The van der Waals surface area contributed by atoms with Gasteiger partial charge in [0.05, 0.1) is 6.42 Å². The van der Waals surface area contributed by atoms with Gasteiger partial charge >= 0.3 is 12.1 Å². The first-order valence-electron chi connectivity index (χ1n) is 7.78. The predicted molar refractivity (Wildman–Crippen MR) is 89.5 cm³/mol. The van der Waals surface area contributed by atoms with Crippen LogP contribution in [0.4, 0.5) is 13.2 Å². The zero-order valence-corrected chi connectivity index (χ0v) is 14.1. The SMILES string of the molecule is C=C(Cc1nc(-c2ccc(Oc3ncccc3C(F)(F)F)cc2)no1)C(=O)O. The molecule has 0 atom stereocenters. The Morgan fingerprint density at radius 1 is 1.21 bits per heavy atom. The second-order valence-corrected chi connectivity index (χ2v) is 5.58. The van der Waals surface area contributed by atoms with Gasteiger partial charge in [-0.25, -0.2) is 9.78 Å². The van der Waals surface area contributed by atoms with E-state index in [-0.39, 0.29) is 29.5 Å². The van der Waals surface area contributed by atoms with Crippen LogP contribution in [0.15, 0.2) is 59.3 Å². The maximum Gasteiger partial charge on any atom is 0.421 e. The van der Waals surface area contributed by atoms with E-state index in [1.165, 1.54) is 36.5 Å². The summed E-state index contributed by atoms with van der Waals surface area (Å²) in [5, 5.41) is 12.5. The second kappa shape index (κ2) is 7.51. The maximum atomic E-state index is 13.0. The van der Waals surface area contributed by atoms with E-state index in [0.29, 0.717) is 5.56 Å². The summed E-state index contributed by atoms with van der Waals surface area (Å²) in [6.45, 7) is 3.38. The van der Waals surface area contributed by atoms with Crippen LogP contribution in [0.1, 0.15) is 11.5 Å². The van der Waals surface area contributed by atoms with Crippen LogP contribution in [0.5, 0.6) is 11.6 Å². The standard InChI is InChI=1S/C18H12F3N3O4/c1-10(17(25)26)9-14-23-15(24-28-14)11-4-6-12(7-5-11)27-16-13(18(19,20)21)3-2-8-22-16/h2-8H,1,9H2,(H,25,26). The summed E-state index contributed by atoms with van der Waals surface area (Å²) in [4.78, 5) is 18.5. The second-order valence-electron chi connectivity index (χ2n) is 5.58. The lowest BCUT2D eigenvalue weighted by molar-refractivity contribution is -0.139. The van der Waals surface area contributed by atoms with E-state index in [4.69, 9.17) is 14.4 Å². The predicted octanol–water partition coefficient (Wildman–Crippen LogP) is 4.13. The number of aliphatic carboxylic acids is 1. The van der Waals surface area contributed by atoms with Crippen LogP contribution in [-0.4, -0.2) is 26.2 Å². The van der Waals surface area contributed by atoms with Gasteiger partial charge in [0.2, 0.25) is 17.6 Å². The van der Waals surface area contributed by atoms with Crippen LogP contribution in [0.3, 0.4) is 0 Å². The van der Waals surface area contributed by atoms with E-state index in [0.717, 1.165) is 6.07 Å².